The van der Waals surface area contributed by atoms with Crippen LogP contribution in [0.25, 0.3) is 6.08 Å². The number of rotatable bonds is 10. The van der Waals surface area contributed by atoms with Crippen molar-refractivity contribution in [2.24, 2.45) is 0 Å². The number of carboxylic acid groups (broad SMARTS) is 2. The third kappa shape index (κ3) is 11.6. The summed E-state index contributed by atoms with van der Waals surface area (Å²) in [6.45, 7) is 6.07. The molecule has 8 nitrogen and oxygen atoms in total. The van der Waals surface area contributed by atoms with E-state index >= 15 is 0 Å². The second-order valence-corrected chi connectivity index (χ2v) is 9.77. The van der Waals surface area contributed by atoms with Crippen LogP contribution in [0.1, 0.15) is 28.4 Å². The van der Waals surface area contributed by atoms with E-state index in [0.29, 0.717) is 38.4 Å². The lowest BCUT2D eigenvalue weighted by Crippen LogP contribution is -2.49. The van der Waals surface area contributed by atoms with Crippen molar-refractivity contribution in [3.05, 3.63) is 125 Å². The summed E-state index contributed by atoms with van der Waals surface area (Å²) in [5, 5.41) is 15.6. The van der Waals surface area contributed by atoms with Crippen LogP contribution in [0.15, 0.2) is 91.0 Å². The molecule has 3 aromatic rings. The first-order chi connectivity index (χ1) is 20.6. The van der Waals surface area contributed by atoms with E-state index in [4.69, 9.17) is 14.9 Å². The van der Waals surface area contributed by atoms with E-state index in [-0.39, 0.29) is 17.5 Å². The van der Waals surface area contributed by atoms with E-state index in [1.165, 1.54) is 29.8 Å². The Morgan fingerprint density at radius 2 is 1.26 bits per heavy atom. The van der Waals surface area contributed by atoms with Crippen LogP contribution in [0, 0.1) is 18.6 Å². The topological polar surface area (TPSA) is 107 Å². The number of hydrogen-bond acceptors (Lipinski definition) is 5. The molecule has 1 fully saturated rings. The van der Waals surface area contributed by atoms with Crippen molar-refractivity contribution in [1.82, 2.24) is 9.80 Å². The van der Waals surface area contributed by atoms with Gasteiger partial charge in [-0.05, 0) is 54.0 Å². The van der Waals surface area contributed by atoms with E-state index in [2.05, 4.69) is 4.90 Å². The molecule has 3 aromatic carbocycles. The summed E-state index contributed by atoms with van der Waals surface area (Å²) in [6, 6.07) is 20.4. The van der Waals surface area contributed by atoms with Crippen LogP contribution in [0.2, 0.25) is 0 Å². The Bertz CT molecular complexity index is 1340. The van der Waals surface area contributed by atoms with Gasteiger partial charge in [0, 0.05) is 51.0 Å². The molecule has 1 aliphatic heterocycles. The number of halogens is 2. The SMILES string of the molecule is Cc1ccc(C=CC(=O)N2CCN(CCOC(c3ccc(F)cc3)c3ccc(F)cc3)CC2)cc1.O=C(O)/C=C\C(=O)O. The number of aliphatic carboxylic acids is 2. The Morgan fingerprint density at radius 1 is 0.767 bits per heavy atom. The van der Waals surface area contributed by atoms with Crippen molar-refractivity contribution in [3.63, 3.8) is 0 Å². The zero-order valence-corrected chi connectivity index (χ0v) is 23.7. The Balaban J connectivity index is 0.000000557. The highest BCUT2D eigenvalue weighted by Crippen LogP contribution is 2.26. The molecule has 1 saturated heterocycles. The fourth-order valence-corrected chi connectivity index (χ4v) is 4.24. The summed E-state index contributed by atoms with van der Waals surface area (Å²) in [6.07, 6.45) is 4.20. The van der Waals surface area contributed by atoms with Crippen molar-refractivity contribution < 1.29 is 38.1 Å². The standard InChI is InChI=1S/C29H30F2N2O2.C4H4O4/c1-22-2-4-23(5-3-22)6-15-28(34)33-18-16-32(17-19-33)20-21-35-29(24-7-11-26(30)12-8-24)25-9-13-27(31)14-10-25;5-3(6)1-2-4(7)8/h2-15,29H,16-21H2,1H3;1-2H,(H,5,6)(H,7,8)/b;2-1-. The molecule has 0 saturated carbocycles. The molecule has 0 aliphatic carbocycles. The van der Waals surface area contributed by atoms with Gasteiger partial charge in [0.2, 0.25) is 5.91 Å². The van der Waals surface area contributed by atoms with Crippen LogP contribution >= 0.6 is 0 Å². The molecule has 1 heterocycles. The number of ether oxygens (including phenoxy) is 1. The van der Waals surface area contributed by atoms with E-state index in [1.807, 2.05) is 42.2 Å². The second kappa shape index (κ2) is 16.7. The molecule has 0 bridgehead atoms. The average Bonchev–Trinajstić information content (AvgIpc) is 3.00. The molecule has 226 valence electrons. The maximum atomic E-state index is 13.4. The predicted molar refractivity (Wildman–Crippen MR) is 158 cm³/mol. The van der Waals surface area contributed by atoms with Gasteiger partial charge in [0.15, 0.2) is 0 Å². The van der Waals surface area contributed by atoms with Crippen molar-refractivity contribution >= 4 is 23.9 Å². The lowest BCUT2D eigenvalue weighted by Gasteiger charge is -2.34. The first-order valence-electron chi connectivity index (χ1n) is 13.6. The second-order valence-electron chi connectivity index (χ2n) is 9.77. The summed E-state index contributed by atoms with van der Waals surface area (Å²) in [7, 11) is 0. The Morgan fingerprint density at radius 3 is 1.72 bits per heavy atom. The van der Waals surface area contributed by atoms with Crippen molar-refractivity contribution in [2.45, 2.75) is 13.0 Å². The van der Waals surface area contributed by atoms with E-state index in [9.17, 15) is 23.2 Å². The minimum absolute atomic E-state index is 0.0224. The lowest BCUT2D eigenvalue weighted by molar-refractivity contribution is -0.134. The molecule has 2 N–H and O–H groups in total. The Labute approximate surface area is 249 Å². The minimum Gasteiger partial charge on any atom is -0.478 e. The number of carbonyl (C=O) groups is 3. The molecule has 0 radical (unpaired) electrons. The highest BCUT2D eigenvalue weighted by atomic mass is 19.1. The van der Waals surface area contributed by atoms with Gasteiger partial charge < -0.3 is 19.8 Å². The summed E-state index contributed by atoms with van der Waals surface area (Å²) < 4.78 is 33.0. The number of amides is 1. The van der Waals surface area contributed by atoms with Crippen LogP contribution in [-0.4, -0.2) is 77.2 Å². The van der Waals surface area contributed by atoms with Crippen LogP contribution in [0.3, 0.4) is 0 Å². The van der Waals surface area contributed by atoms with E-state index in [1.54, 1.807) is 30.3 Å². The van der Waals surface area contributed by atoms with Gasteiger partial charge in [0.1, 0.15) is 17.7 Å². The van der Waals surface area contributed by atoms with Crippen LogP contribution in [0.4, 0.5) is 8.78 Å². The smallest absolute Gasteiger partial charge is 0.328 e. The first kappa shape index (κ1) is 32.8. The average molecular weight is 593 g/mol. The molecule has 0 unspecified atom stereocenters. The largest absolute Gasteiger partial charge is 0.478 e. The normalized spacial score (nSPS) is 13.7. The molecular formula is C33H34F2N2O6. The molecule has 4 rings (SSSR count). The quantitative estimate of drug-likeness (QED) is 0.321. The molecule has 1 aliphatic rings. The predicted octanol–water partition coefficient (Wildman–Crippen LogP) is 4.95. The maximum Gasteiger partial charge on any atom is 0.328 e. The number of hydrogen-bond donors (Lipinski definition) is 2. The number of nitrogens with zero attached hydrogens (tertiary/aromatic N) is 2. The van der Waals surface area contributed by atoms with Crippen LogP contribution < -0.4 is 0 Å². The fraction of sp³-hybridized carbons (Fsp3) is 0.242. The fourth-order valence-electron chi connectivity index (χ4n) is 4.24. The highest BCUT2D eigenvalue weighted by Gasteiger charge is 2.21. The lowest BCUT2D eigenvalue weighted by atomic mass is 10.0. The molecule has 0 aromatic heterocycles. The minimum atomic E-state index is -1.26. The Hall–Kier alpha value is -4.67. The summed E-state index contributed by atoms with van der Waals surface area (Å²) in [5.41, 5.74) is 3.83. The van der Waals surface area contributed by atoms with Gasteiger partial charge >= 0.3 is 11.9 Å². The number of piperazine rings is 1. The Kier molecular flexibility index (Phi) is 12.7. The van der Waals surface area contributed by atoms with Gasteiger partial charge in [-0.3, -0.25) is 9.69 Å². The zero-order valence-electron chi connectivity index (χ0n) is 23.7. The van der Waals surface area contributed by atoms with Crippen LogP contribution in [-0.2, 0) is 19.1 Å². The third-order valence-corrected chi connectivity index (χ3v) is 6.59. The molecular weight excluding hydrogens is 558 g/mol. The third-order valence-electron chi connectivity index (χ3n) is 6.59. The summed E-state index contributed by atoms with van der Waals surface area (Å²) in [4.78, 5) is 35.8. The van der Waals surface area contributed by atoms with E-state index < -0.39 is 18.0 Å². The first-order valence-corrected chi connectivity index (χ1v) is 13.6. The number of carboxylic acids is 2. The van der Waals surface area contributed by atoms with Gasteiger partial charge in [-0.2, -0.15) is 0 Å². The van der Waals surface area contributed by atoms with Gasteiger partial charge in [-0.25, -0.2) is 18.4 Å². The van der Waals surface area contributed by atoms with Crippen molar-refractivity contribution in [3.8, 4) is 0 Å². The molecule has 0 spiro atoms. The molecule has 1 amide bonds. The molecule has 0 atom stereocenters. The van der Waals surface area contributed by atoms with Crippen molar-refractivity contribution in [1.29, 1.82) is 0 Å². The molecule has 43 heavy (non-hydrogen) atoms. The number of benzene rings is 3. The van der Waals surface area contributed by atoms with Crippen LogP contribution in [0.5, 0.6) is 0 Å². The number of carbonyl (C=O) groups excluding carboxylic acids is 1. The van der Waals surface area contributed by atoms with Gasteiger partial charge in [-0.15, -0.1) is 0 Å². The highest BCUT2D eigenvalue weighted by molar-refractivity contribution is 5.92. The summed E-state index contributed by atoms with van der Waals surface area (Å²) in [5.74, 6) is -3.12. The van der Waals surface area contributed by atoms with Crippen molar-refractivity contribution in [2.75, 3.05) is 39.3 Å². The number of aryl methyl sites for hydroxylation is 1. The van der Waals surface area contributed by atoms with E-state index in [0.717, 1.165) is 29.8 Å². The monoisotopic (exact) mass is 592 g/mol. The van der Waals surface area contributed by atoms with Gasteiger partial charge in [-0.1, -0.05) is 54.1 Å². The molecule has 10 heteroatoms. The van der Waals surface area contributed by atoms with Gasteiger partial charge in [0.05, 0.1) is 6.61 Å². The van der Waals surface area contributed by atoms with Gasteiger partial charge in [0.25, 0.3) is 0 Å². The zero-order chi connectivity index (χ0) is 31.2. The maximum absolute atomic E-state index is 13.4. The summed E-state index contributed by atoms with van der Waals surface area (Å²) >= 11 is 0.